The molecule has 0 aromatic heterocycles. The number of aliphatic imine (C=N–C) groups is 1. The second kappa shape index (κ2) is 11.1. The summed E-state index contributed by atoms with van der Waals surface area (Å²) in [6, 6.07) is 6.57. The van der Waals surface area contributed by atoms with Gasteiger partial charge in [-0.3, -0.25) is 4.99 Å². The summed E-state index contributed by atoms with van der Waals surface area (Å²) in [6.45, 7) is 6.50. The van der Waals surface area contributed by atoms with Crippen molar-refractivity contribution in [2.24, 2.45) is 4.99 Å². The number of guanidine groups is 1. The average molecular weight is 351 g/mol. The Morgan fingerprint density at radius 1 is 1.40 bits per heavy atom. The predicted molar refractivity (Wildman–Crippen MR) is 98.3 cm³/mol. The Labute approximate surface area is 150 Å². The van der Waals surface area contributed by atoms with E-state index in [1.165, 1.54) is 12.1 Å². The normalized spacial score (nSPS) is 17.7. The van der Waals surface area contributed by atoms with E-state index in [2.05, 4.69) is 10.3 Å². The van der Waals surface area contributed by atoms with Gasteiger partial charge in [0.15, 0.2) is 5.96 Å². The van der Waals surface area contributed by atoms with Gasteiger partial charge in [-0.05, 0) is 43.9 Å². The van der Waals surface area contributed by atoms with Crippen molar-refractivity contribution in [3.05, 3.63) is 35.6 Å². The first-order chi connectivity index (χ1) is 12.2. The van der Waals surface area contributed by atoms with Gasteiger partial charge in [0, 0.05) is 39.9 Å². The van der Waals surface area contributed by atoms with Crippen LogP contribution >= 0.6 is 0 Å². The number of rotatable bonds is 9. The van der Waals surface area contributed by atoms with Crippen LogP contribution in [-0.4, -0.2) is 56.9 Å². The molecule has 0 radical (unpaired) electrons. The van der Waals surface area contributed by atoms with E-state index in [0.717, 1.165) is 43.9 Å². The van der Waals surface area contributed by atoms with Gasteiger partial charge in [0.1, 0.15) is 5.82 Å². The minimum Gasteiger partial charge on any atom is -0.379 e. The fourth-order valence-corrected chi connectivity index (χ4v) is 2.75. The molecular weight excluding hydrogens is 321 g/mol. The molecule has 1 aromatic carbocycles. The zero-order chi connectivity index (χ0) is 17.9. The molecule has 0 amide bonds. The van der Waals surface area contributed by atoms with Gasteiger partial charge < -0.3 is 19.7 Å². The molecule has 1 N–H and O–H groups in total. The third-order valence-electron chi connectivity index (χ3n) is 4.07. The summed E-state index contributed by atoms with van der Waals surface area (Å²) in [5, 5.41) is 3.29. The predicted octanol–water partition coefficient (Wildman–Crippen LogP) is 2.81. The molecule has 0 aliphatic carbocycles. The first kappa shape index (κ1) is 19.7. The van der Waals surface area contributed by atoms with Crippen LogP contribution in [0.25, 0.3) is 0 Å². The molecule has 1 fully saturated rings. The zero-order valence-electron chi connectivity index (χ0n) is 15.3. The van der Waals surface area contributed by atoms with Gasteiger partial charge in [-0.15, -0.1) is 0 Å². The van der Waals surface area contributed by atoms with Crippen molar-refractivity contribution < 1.29 is 13.9 Å². The fourth-order valence-electron chi connectivity index (χ4n) is 2.75. The molecule has 1 saturated heterocycles. The Hall–Kier alpha value is -1.66. The van der Waals surface area contributed by atoms with Crippen LogP contribution in [-0.2, 0) is 16.0 Å². The van der Waals surface area contributed by atoms with Crippen molar-refractivity contribution in [1.29, 1.82) is 0 Å². The van der Waals surface area contributed by atoms with Crippen molar-refractivity contribution in [1.82, 2.24) is 10.2 Å². The highest BCUT2D eigenvalue weighted by Gasteiger charge is 2.14. The summed E-state index contributed by atoms with van der Waals surface area (Å²) in [6.07, 6.45) is 3.41. The molecule has 1 unspecified atom stereocenters. The van der Waals surface area contributed by atoms with Gasteiger partial charge in [0.25, 0.3) is 0 Å². The smallest absolute Gasteiger partial charge is 0.193 e. The van der Waals surface area contributed by atoms with E-state index < -0.39 is 0 Å². The summed E-state index contributed by atoms with van der Waals surface area (Å²) in [5.41, 5.74) is 1.05. The van der Waals surface area contributed by atoms with Gasteiger partial charge in [0.2, 0.25) is 0 Å². The van der Waals surface area contributed by atoms with E-state index in [4.69, 9.17) is 9.47 Å². The lowest BCUT2D eigenvalue weighted by Crippen LogP contribution is -2.38. The van der Waals surface area contributed by atoms with Gasteiger partial charge in [-0.25, -0.2) is 4.39 Å². The Kier molecular flexibility index (Phi) is 8.69. The highest BCUT2D eigenvalue weighted by Crippen LogP contribution is 2.12. The minimum absolute atomic E-state index is 0.213. The Bertz CT molecular complexity index is 516. The molecule has 1 aliphatic heterocycles. The van der Waals surface area contributed by atoms with Gasteiger partial charge in [-0.1, -0.05) is 12.1 Å². The maximum Gasteiger partial charge on any atom is 0.193 e. The van der Waals surface area contributed by atoms with Crippen LogP contribution in [0.3, 0.4) is 0 Å². The summed E-state index contributed by atoms with van der Waals surface area (Å²) in [4.78, 5) is 6.69. The van der Waals surface area contributed by atoms with Crippen LogP contribution < -0.4 is 5.32 Å². The number of benzene rings is 1. The summed E-state index contributed by atoms with van der Waals surface area (Å²) >= 11 is 0. The number of hydrogen-bond donors (Lipinski definition) is 1. The maximum atomic E-state index is 13.0. The third-order valence-corrected chi connectivity index (χ3v) is 4.07. The molecule has 0 spiro atoms. The Morgan fingerprint density at radius 3 is 2.88 bits per heavy atom. The molecule has 0 bridgehead atoms. The minimum atomic E-state index is -0.213. The number of nitrogens with one attached hydrogen (secondary N) is 1. The zero-order valence-corrected chi connectivity index (χ0v) is 15.3. The lowest BCUT2D eigenvalue weighted by molar-refractivity contribution is 0.0170. The van der Waals surface area contributed by atoms with Crippen LogP contribution in [0, 0.1) is 5.82 Å². The lowest BCUT2D eigenvalue weighted by atomic mass is 10.2. The van der Waals surface area contributed by atoms with Crippen molar-refractivity contribution >= 4 is 5.96 Å². The van der Waals surface area contributed by atoms with Crippen molar-refractivity contribution in [2.75, 3.05) is 40.0 Å². The summed E-state index contributed by atoms with van der Waals surface area (Å²) in [7, 11) is 1.98. The maximum absolute atomic E-state index is 13.0. The molecule has 1 atom stereocenters. The molecule has 6 heteroatoms. The van der Waals surface area contributed by atoms with Crippen LogP contribution in [0.1, 0.15) is 31.7 Å². The molecule has 0 saturated carbocycles. The molecular formula is C19H30FN3O2. The van der Waals surface area contributed by atoms with Crippen LogP contribution in [0.5, 0.6) is 0 Å². The van der Waals surface area contributed by atoms with E-state index in [1.807, 2.05) is 18.9 Å². The van der Waals surface area contributed by atoms with Crippen LogP contribution in [0.4, 0.5) is 4.39 Å². The topological polar surface area (TPSA) is 46.1 Å². The monoisotopic (exact) mass is 351 g/mol. The summed E-state index contributed by atoms with van der Waals surface area (Å²) < 4.78 is 24.2. The van der Waals surface area contributed by atoms with E-state index in [9.17, 15) is 4.39 Å². The number of hydrogen-bond acceptors (Lipinski definition) is 3. The highest BCUT2D eigenvalue weighted by molar-refractivity contribution is 5.79. The second-order valence-electron chi connectivity index (χ2n) is 6.28. The van der Waals surface area contributed by atoms with E-state index in [-0.39, 0.29) is 11.9 Å². The second-order valence-corrected chi connectivity index (χ2v) is 6.28. The largest absolute Gasteiger partial charge is 0.379 e. The van der Waals surface area contributed by atoms with Crippen LogP contribution in [0.15, 0.2) is 29.3 Å². The summed E-state index contributed by atoms with van der Waals surface area (Å²) in [5.74, 6) is 0.640. The molecule has 5 nitrogen and oxygen atoms in total. The highest BCUT2D eigenvalue weighted by atomic mass is 19.1. The van der Waals surface area contributed by atoms with Crippen molar-refractivity contribution in [2.45, 2.75) is 38.8 Å². The first-order valence-electron chi connectivity index (χ1n) is 9.12. The van der Waals surface area contributed by atoms with Gasteiger partial charge in [-0.2, -0.15) is 0 Å². The average Bonchev–Trinajstić information content (AvgIpc) is 3.12. The van der Waals surface area contributed by atoms with Crippen LogP contribution in [0.2, 0.25) is 0 Å². The van der Waals surface area contributed by atoms with Crippen molar-refractivity contribution in [3.8, 4) is 0 Å². The lowest BCUT2D eigenvalue weighted by Gasteiger charge is -2.22. The quantitative estimate of drug-likeness (QED) is 0.422. The molecule has 1 heterocycles. The first-order valence-corrected chi connectivity index (χ1v) is 9.12. The van der Waals surface area contributed by atoms with Gasteiger partial charge >= 0.3 is 0 Å². The molecule has 25 heavy (non-hydrogen) atoms. The molecule has 2 rings (SSSR count). The Balaban J connectivity index is 1.71. The van der Waals surface area contributed by atoms with E-state index >= 15 is 0 Å². The van der Waals surface area contributed by atoms with Gasteiger partial charge in [0.05, 0.1) is 12.7 Å². The molecule has 140 valence electrons. The van der Waals surface area contributed by atoms with E-state index in [0.29, 0.717) is 26.3 Å². The number of nitrogens with zero attached hydrogens (tertiary/aromatic N) is 2. The molecule has 1 aliphatic rings. The Morgan fingerprint density at radius 2 is 2.20 bits per heavy atom. The number of ether oxygens (including phenoxy) is 2. The number of halogens is 1. The van der Waals surface area contributed by atoms with E-state index in [1.54, 1.807) is 12.1 Å². The third kappa shape index (κ3) is 7.40. The SMILES string of the molecule is CCNC(=NCCCOCC1CCCO1)N(C)Cc1ccc(F)cc1. The standard InChI is InChI=1S/C19H30FN3O2/c1-3-21-19(23(2)14-16-7-9-17(20)10-8-16)22-11-5-12-24-15-18-6-4-13-25-18/h7-10,18H,3-6,11-15H2,1-2H3,(H,21,22). The van der Waals surface area contributed by atoms with Crippen molar-refractivity contribution in [3.63, 3.8) is 0 Å². The fraction of sp³-hybridized carbons (Fsp3) is 0.632. The molecule has 1 aromatic rings.